The summed E-state index contributed by atoms with van der Waals surface area (Å²) in [6.45, 7) is 5.87. The lowest BCUT2D eigenvalue weighted by Gasteiger charge is -2.30. The van der Waals surface area contributed by atoms with Crippen molar-refractivity contribution in [3.05, 3.63) is 24.3 Å². The monoisotopic (exact) mass is 320 g/mol. The van der Waals surface area contributed by atoms with E-state index in [1.165, 1.54) is 0 Å². The van der Waals surface area contributed by atoms with Crippen molar-refractivity contribution >= 4 is 17.7 Å². The highest BCUT2D eigenvalue weighted by Gasteiger charge is 2.28. The summed E-state index contributed by atoms with van der Waals surface area (Å²) in [5.41, 5.74) is 0.728. The molecule has 0 spiro atoms. The molecular formula is C17H24N2O4. The van der Waals surface area contributed by atoms with Gasteiger partial charge in [0.2, 0.25) is 0 Å². The highest BCUT2D eigenvalue weighted by molar-refractivity contribution is 5.89. The molecule has 0 aliphatic carbocycles. The molecule has 1 aliphatic heterocycles. The first-order valence-corrected chi connectivity index (χ1v) is 8.09. The zero-order valence-corrected chi connectivity index (χ0v) is 13.7. The fourth-order valence-electron chi connectivity index (χ4n) is 2.58. The van der Waals surface area contributed by atoms with E-state index in [9.17, 15) is 9.59 Å². The average Bonchev–Trinajstić information content (AvgIpc) is 2.57. The SMILES string of the molecule is CCOC(=O)C1CCN(C(=O)Nc2ccc(OCC)cc2)CC1. The van der Waals surface area contributed by atoms with Crippen LogP contribution in [0.4, 0.5) is 10.5 Å². The van der Waals surface area contributed by atoms with Crippen LogP contribution in [0.25, 0.3) is 0 Å². The van der Waals surface area contributed by atoms with Crippen LogP contribution in [0.3, 0.4) is 0 Å². The zero-order valence-electron chi connectivity index (χ0n) is 13.7. The van der Waals surface area contributed by atoms with E-state index < -0.39 is 0 Å². The van der Waals surface area contributed by atoms with Crippen molar-refractivity contribution in [2.45, 2.75) is 26.7 Å². The van der Waals surface area contributed by atoms with Gasteiger partial charge in [0.05, 0.1) is 19.1 Å². The van der Waals surface area contributed by atoms with E-state index in [4.69, 9.17) is 9.47 Å². The summed E-state index contributed by atoms with van der Waals surface area (Å²) in [5, 5.41) is 2.87. The summed E-state index contributed by atoms with van der Waals surface area (Å²) in [7, 11) is 0. The first-order valence-electron chi connectivity index (χ1n) is 8.09. The molecule has 6 heteroatoms. The van der Waals surface area contributed by atoms with Crippen LogP contribution in [0.2, 0.25) is 0 Å². The second-order valence-electron chi connectivity index (χ2n) is 5.40. The number of anilines is 1. The zero-order chi connectivity index (χ0) is 16.7. The van der Waals surface area contributed by atoms with Crippen molar-refractivity contribution in [3.8, 4) is 5.75 Å². The topological polar surface area (TPSA) is 67.9 Å². The summed E-state index contributed by atoms with van der Waals surface area (Å²) in [6, 6.07) is 7.14. The summed E-state index contributed by atoms with van der Waals surface area (Å²) < 4.78 is 10.4. The number of urea groups is 1. The van der Waals surface area contributed by atoms with Gasteiger partial charge in [0.25, 0.3) is 0 Å². The van der Waals surface area contributed by atoms with E-state index in [1.807, 2.05) is 31.2 Å². The predicted octanol–water partition coefficient (Wildman–Crippen LogP) is 2.89. The molecular weight excluding hydrogens is 296 g/mol. The molecule has 1 aromatic carbocycles. The van der Waals surface area contributed by atoms with Crippen molar-refractivity contribution in [1.82, 2.24) is 4.90 Å². The number of rotatable bonds is 5. The van der Waals surface area contributed by atoms with E-state index in [1.54, 1.807) is 11.8 Å². The third-order valence-electron chi connectivity index (χ3n) is 3.82. The molecule has 1 N–H and O–H groups in total. The molecule has 2 rings (SSSR count). The number of esters is 1. The summed E-state index contributed by atoms with van der Waals surface area (Å²) in [6.07, 6.45) is 1.30. The van der Waals surface area contributed by atoms with Crippen molar-refractivity contribution in [3.63, 3.8) is 0 Å². The summed E-state index contributed by atoms with van der Waals surface area (Å²) in [5.74, 6) is 0.532. The van der Waals surface area contributed by atoms with Gasteiger partial charge in [0.15, 0.2) is 0 Å². The number of nitrogens with zero attached hydrogens (tertiary/aromatic N) is 1. The van der Waals surface area contributed by atoms with E-state index in [0.29, 0.717) is 39.1 Å². The summed E-state index contributed by atoms with van der Waals surface area (Å²) in [4.78, 5) is 25.7. The molecule has 1 aliphatic rings. The Bertz CT molecular complexity index is 522. The van der Waals surface area contributed by atoms with Gasteiger partial charge in [-0.15, -0.1) is 0 Å². The number of ether oxygens (including phenoxy) is 2. The first kappa shape index (κ1) is 17.1. The Kier molecular flexibility index (Phi) is 6.26. The molecule has 0 unspecified atom stereocenters. The molecule has 0 bridgehead atoms. The Morgan fingerprint density at radius 2 is 1.78 bits per heavy atom. The third-order valence-corrected chi connectivity index (χ3v) is 3.82. The molecule has 1 aromatic rings. The quantitative estimate of drug-likeness (QED) is 0.847. The number of piperidine rings is 1. The second-order valence-corrected chi connectivity index (χ2v) is 5.40. The number of hydrogen-bond acceptors (Lipinski definition) is 4. The summed E-state index contributed by atoms with van der Waals surface area (Å²) >= 11 is 0. The van der Waals surface area contributed by atoms with E-state index in [0.717, 1.165) is 11.4 Å². The molecule has 2 amide bonds. The van der Waals surface area contributed by atoms with Gasteiger partial charge < -0.3 is 19.7 Å². The van der Waals surface area contributed by atoms with Crippen LogP contribution >= 0.6 is 0 Å². The van der Waals surface area contributed by atoms with Crippen molar-refractivity contribution in [2.75, 3.05) is 31.6 Å². The number of carbonyl (C=O) groups excluding carboxylic acids is 2. The van der Waals surface area contributed by atoms with E-state index in [-0.39, 0.29) is 17.9 Å². The molecule has 0 saturated carbocycles. The predicted molar refractivity (Wildman–Crippen MR) is 87.6 cm³/mol. The Balaban J connectivity index is 1.81. The van der Waals surface area contributed by atoms with Crippen LogP contribution in [0.15, 0.2) is 24.3 Å². The smallest absolute Gasteiger partial charge is 0.321 e. The minimum absolute atomic E-state index is 0.0931. The number of amides is 2. The molecule has 1 heterocycles. The molecule has 126 valence electrons. The Morgan fingerprint density at radius 1 is 1.13 bits per heavy atom. The number of nitrogens with one attached hydrogen (secondary N) is 1. The Morgan fingerprint density at radius 3 is 2.35 bits per heavy atom. The normalized spacial score (nSPS) is 15.1. The maximum atomic E-state index is 12.2. The Labute approximate surface area is 136 Å². The second kappa shape index (κ2) is 8.41. The standard InChI is InChI=1S/C17H24N2O4/c1-3-22-15-7-5-14(6-8-15)18-17(21)19-11-9-13(10-12-19)16(20)23-4-2/h5-8,13H,3-4,9-12H2,1-2H3,(H,18,21). The third kappa shape index (κ3) is 4.87. The van der Waals surface area contributed by atoms with Crippen LogP contribution < -0.4 is 10.1 Å². The van der Waals surface area contributed by atoms with Crippen LogP contribution in [-0.2, 0) is 9.53 Å². The maximum absolute atomic E-state index is 12.2. The number of benzene rings is 1. The van der Waals surface area contributed by atoms with Gasteiger partial charge in [-0.2, -0.15) is 0 Å². The lowest BCUT2D eigenvalue weighted by Crippen LogP contribution is -2.42. The number of likely N-dealkylation sites (tertiary alicyclic amines) is 1. The lowest BCUT2D eigenvalue weighted by atomic mass is 9.97. The van der Waals surface area contributed by atoms with Gasteiger partial charge in [0, 0.05) is 18.8 Å². The maximum Gasteiger partial charge on any atom is 0.321 e. The van der Waals surface area contributed by atoms with Crippen LogP contribution in [0.1, 0.15) is 26.7 Å². The van der Waals surface area contributed by atoms with Crippen molar-refractivity contribution < 1.29 is 19.1 Å². The van der Waals surface area contributed by atoms with Gasteiger partial charge in [0.1, 0.15) is 5.75 Å². The van der Waals surface area contributed by atoms with Crippen LogP contribution in [0, 0.1) is 5.92 Å². The minimum Gasteiger partial charge on any atom is -0.494 e. The fraction of sp³-hybridized carbons (Fsp3) is 0.529. The van der Waals surface area contributed by atoms with Crippen LogP contribution in [0.5, 0.6) is 5.75 Å². The van der Waals surface area contributed by atoms with Gasteiger partial charge in [-0.25, -0.2) is 4.79 Å². The highest BCUT2D eigenvalue weighted by Crippen LogP contribution is 2.20. The van der Waals surface area contributed by atoms with E-state index in [2.05, 4.69) is 5.32 Å². The molecule has 6 nitrogen and oxygen atoms in total. The van der Waals surface area contributed by atoms with Gasteiger partial charge >= 0.3 is 12.0 Å². The van der Waals surface area contributed by atoms with Crippen LogP contribution in [-0.4, -0.2) is 43.2 Å². The van der Waals surface area contributed by atoms with Crippen molar-refractivity contribution in [1.29, 1.82) is 0 Å². The number of hydrogen-bond donors (Lipinski definition) is 1. The highest BCUT2D eigenvalue weighted by atomic mass is 16.5. The Hall–Kier alpha value is -2.24. The van der Waals surface area contributed by atoms with Gasteiger partial charge in [-0.1, -0.05) is 0 Å². The average molecular weight is 320 g/mol. The van der Waals surface area contributed by atoms with Gasteiger partial charge in [-0.3, -0.25) is 4.79 Å². The first-order chi connectivity index (χ1) is 11.1. The number of carbonyl (C=O) groups is 2. The molecule has 1 saturated heterocycles. The molecule has 0 atom stereocenters. The van der Waals surface area contributed by atoms with Gasteiger partial charge in [-0.05, 0) is 51.0 Å². The van der Waals surface area contributed by atoms with E-state index >= 15 is 0 Å². The largest absolute Gasteiger partial charge is 0.494 e. The van der Waals surface area contributed by atoms with Crippen molar-refractivity contribution in [2.24, 2.45) is 5.92 Å². The molecule has 0 radical (unpaired) electrons. The molecule has 1 fully saturated rings. The lowest BCUT2D eigenvalue weighted by molar-refractivity contribution is -0.149. The minimum atomic E-state index is -0.154. The fourth-order valence-corrected chi connectivity index (χ4v) is 2.58. The molecule has 0 aromatic heterocycles. The molecule has 23 heavy (non-hydrogen) atoms.